The van der Waals surface area contributed by atoms with Gasteiger partial charge in [0, 0.05) is 22.2 Å². The van der Waals surface area contributed by atoms with Crippen LogP contribution in [0.15, 0.2) is 0 Å². The Morgan fingerprint density at radius 1 is 1.36 bits per heavy atom. The van der Waals surface area contributed by atoms with E-state index in [9.17, 15) is 23.7 Å². The molecule has 0 radical (unpaired) electrons. The monoisotopic (exact) mass is 317 g/mol. The summed E-state index contributed by atoms with van der Waals surface area (Å²) >= 11 is 0. The van der Waals surface area contributed by atoms with Crippen molar-refractivity contribution in [1.29, 1.82) is 0 Å². The van der Waals surface area contributed by atoms with Gasteiger partial charge in [0.1, 0.15) is 5.60 Å². The fourth-order valence-electron chi connectivity index (χ4n) is 4.80. The lowest BCUT2D eigenvalue weighted by molar-refractivity contribution is -0.507. The predicted molar refractivity (Wildman–Crippen MR) is 72.9 cm³/mol. The van der Waals surface area contributed by atoms with Crippen molar-refractivity contribution >= 4 is 5.97 Å². The van der Waals surface area contributed by atoms with Crippen molar-refractivity contribution in [3.63, 3.8) is 0 Å². The van der Waals surface area contributed by atoms with Gasteiger partial charge in [0.15, 0.2) is 0 Å². The molecule has 5 atom stereocenters. The van der Waals surface area contributed by atoms with E-state index in [2.05, 4.69) is 0 Å². The fraction of sp³-hybridized carbons (Fsp3) is 0.933. The maximum Gasteiger partial charge on any atom is 0.307 e. The van der Waals surface area contributed by atoms with Gasteiger partial charge in [-0.2, -0.15) is 0 Å². The van der Waals surface area contributed by atoms with Gasteiger partial charge in [-0.15, -0.1) is 0 Å². The highest BCUT2D eigenvalue weighted by molar-refractivity contribution is 5.71. The summed E-state index contributed by atoms with van der Waals surface area (Å²) in [7, 11) is 0. The SMILES string of the molecule is CC(C)(C)OC(=O)C[C@@]1(C[N+](=O)[O-])C[C@H]2C3C(C[C@H]21)C3(F)F. The average Bonchev–Trinajstić information content (AvgIpc) is 2.63. The summed E-state index contributed by atoms with van der Waals surface area (Å²) in [5, 5.41) is 11.0. The molecule has 3 saturated carbocycles. The summed E-state index contributed by atoms with van der Waals surface area (Å²) in [6.07, 6.45) is 0.602. The molecule has 0 N–H and O–H groups in total. The van der Waals surface area contributed by atoms with E-state index in [0.717, 1.165) is 0 Å². The average molecular weight is 317 g/mol. The lowest BCUT2D eigenvalue weighted by Crippen LogP contribution is -2.53. The molecule has 3 rings (SSSR count). The largest absolute Gasteiger partial charge is 0.460 e. The van der Waals surface area contributed by atoms with Gasteiger partial charge in [0.05, 0.1) is 6.42 Å². The molecule has 2 unspecified atom stereocenters. The summed E-state index contributed by atoms with van der Waals surface area (Å²) in [6.45, 7) is 4.87. The van der Waals surface area contributed by atoms with Crippen LogP contribution in [-0.2, 0) is 9.53 Å². The Morgan fingerprint density at radius 2 is 2.00 bits per heavy atom. The van der Waals surface area contributed by atoms with Gasteiger partial charge in [-0.1, -0.05) is 0 Å². The highest BCUT2D eigenvalue weighted by Gasteiger charge is 2.81. The summed E-state index contributed by atoms with van der Waals surface area (Å²) in [6, 6.07) is 0. The van der Waals surface area contributed by atoms with Gasteiger partial charge in [0.25, 0.3) is 5.92 Å². The first-order chi connectivity index (χ1) is 9.96. The molecule has 3 aliphatic rings. The van der Waals surface area contributed by atoms with Crippen LogP contribution in [0, 0.1) is 39.2 Å². The van der Waals surface area contributed by atoms with Gasteiger partial charge in [-0.3, -0.25) is 14.9 Å². The van der Waals surface area contributed by atoms with Gasteiger partial charge in [0.2, 0.25) is 6.54 Å². The van der Waals surface area contributed by atoms with Crippen LogP contribution in [0.4, 0.5) is 8.78 Å². The molecule has 0 amide bonds. The number of carbonyl (C=O) groups excluding carboxylic acids is 1. The second-order valence-electron chi connectivity index (χ2n) is 8.13. The van der Waals surface area contributed by atoms with Crippen molar-refractivity contribution in [2.24, 2.45) is 29.1 Å². The topological polar surface area (TPSA) is 69.4 Å². The van der Waals surface area contributed by atoms with E-state index >= 15 is 0 Å². The van der Waals surface area contributed by atoms with Gasteiger partial charge < -0.3 is 4.74 Å². The Kier molecular flexibility index (Phi) is 3.11. The Bertz CT molecular complexity index is 530. The van der Waals surface area contributed by atoms with Crippen molar-refractivity contribution in [3.05, 3.63) is 10.1 Å². The number of esters is 1. The number of hydrogen-bond donors (Lipinski definition) is 0. The quantitative estimate of drug-likeness (QED) is 0.454. The molecule has 0 heterocycles. The Hall–Kier alpha value is -1.27. The molecule has 3 fully saturated rings. The maximum absolute atomic E-state index is 13.5. The number of halogens is 2. The molecule has 0 bridgehead atoms. The summed E-state index contributed by atoms with van der Waals surface area (Å²) in [4.78, 5) is 22.6. The van der Waals surface area contributed by atoms with Crippen molar-refractivity contribution < 1.29 is 23.2 Å². The van der Waals surface area contributed by atoms with Crippen LogP contribution >= 0.6 is 0 Å². The van der Waals surface area contributed by atoms with E-state index in [4.69, 9.17) is 4.74 Å². The van der Waals surface area contributed by atoms with Crippen LogP contribution in [0.2, 0.25) is 0 Å². The number of ether oxygens (including phenoxy) is 1. The van der Waals surface area contributed by atoms with Crippen molar-refractivity contribution in [2.75, 3.05) is 6.54 Å². The minimum absolute atomic E-state index is 0.0442. The highest BCUT2D eigenvalue weighted by Crippen LogP contribution is 2.77. The highest BCUT2D eigenvalue weighted by atomic mass is 19.3. The van der Waals surface area contributed by atoms with E-state index in [1.165, 1.54) is 0 Å². The molecule has 0 saturated heterocycles. The van der Waals surface area contributed by atoms with Crippen LogP contribution in [0.25, 0.3) is 0 Å². The molecule has 7 heteroatoms. The Balaban J connectivity index is 1.70. The number of alkyl halides is 2. The molecule has 3 aliphatic carbocycles. The second-order valence-corrected chi connectivity index (χ2v) is 8.13. The number of nitrogens with zero attached hydrogens (tertiary/aromatic N) is 1. The number of carbonyl (C=O) groups is 1. The van der Waals surface area contributed by atoms with Crippen LogP contribution < -0.4 is 0 Å². The van der Waals surface area contributed by atoms with Crippen LogP contribution in [0.1, 0.15) is 40.0 Å². The van der Waals surface area contributed by atoms with Gasteiger partial charge >= 0.3 is 5.97 Å². The molecule has 0 aromatic heterocycles. The summed E-state index contributed by atoms with van der Waals surface area (Å²) < 4.78 is 32.2. The molecule has 22 heavy (non-hydrogen) atoms. The van der Waals surface area contributed by atoms with Gasteiger partial charge in [-0.25, -0.2) is 8.78 Å². The molecule has 5 nitrogen and oxygen atoms in total. The first kappa shape index (κ1) is 15.6. The van der Waals surface area contributed by atoms with Gasteiger partial charge in [-0.05, 0) is 45.4 Å². The van der Waals surface area contributed by atoms with Crippen molar-refractivity contribution in [1.82, 2.24) is 0 Å². The lowest BCUT2D eigenvalue weighted by Gasteiger charge is -2.51. The number of fused-ring (bicyclic) bond motifs is 3. The first-order valence-electron chi connectivity index (χ1n) is 7.68. The minimum Gasteiger partial charge on any atom is -0.460 e. The second kappa shape index (κ2) is 4.38. The lowest BCUT2D eigenvalue weighted by atomic mass is 9.52. The first-order valence-corrected chi connectivity index (χ1v) is 7.68. The summed E-state index contributed by atoms with van der Waals surface area (Å²) in [5.74, 6) is -4.61. The molecular formula is C15H21F2NO4. The minimum atomic E-state index is -2.59. The smallest absolute Gasteiger partial charge is 0.307 e. The normalized spacial score (nSPS) is 41.1. The predicted octanol–water partition coefficient (Wildman–Crippen LogP) is 2.90. The number of hydrogen-bond acceptors (Lipinski definition) is 4. The third-order valence-corrected chi connectivity index (χ3v) is 5.54. The Labute approximate surface area is 127 Å². The van der Waals surface area contributed by atoms with E-state index in [1.54, 1.807) is 20.8 Å². The zero-order valence-electron chi connectivity index (χ0n) is 13.0. The van der Waals surface area contributed by atoms with Crippen molar-refractivity contribution in [3.8, 4) is 0 Å². The summed E-state index contributed by atoms with van der Waals surface area (Å²) in [5.41, 5.74) is -1.44. The number of nitro groups is 1. The third-order valence-electron chi connectivity index (χ3n) is 5.54. The zero-order valence-corrected chi connectivity index (χ0v) is 13.0. The van der Waals surface area contributed by atoms with E-state index in [0.29, 0.717) is 12.8 Å². The molecular weight excluding hydrogens is 296 g/mol. The molecule has 0 spiro atoms. The number of rotatable bonds is 4. The van der Waals surface area contributed by atoms with Crippen LogP contribution in [0.3, 0.4) is 0 Å². The van der Waals surface area contributed by atoms with Crippen LogP contribution in [0.5, 0.6) is 0 Å². The van der Waals surface area contributed by atoms with E-state index < -0.39 is 39.7 Å². The Morgan fingerprint density at radius 3 is 2.50 bits per heavy atom. The molecule has 0 aromatic rings. The van der Waals surface area contributed by atoms with E-state index in [1.807, 2.05) is 0 Å². The maximum atomic E-state index is 13.5. The third kappa shape index (κ3) is 2.29. The molecule has 0 aliphatic heterocycles. The molecule has 0 aromatic carbocycles. The molecule has 124 valence electrons. The zero-order chi connectivity index (χ0) is 16.5. The van der Waals surface area contributed by atoms with E-state index in [-0.39, 0.29) is 24.8 Å². The standard InChI is InChI=1S/C15H21F2NO4/c1-13(2,3)22-11(19)6-14(7-18(20)21)5-8-9(14)4-10-12(8)15(10,16)17/h8-10,12H,4-7H2,1-3H3/t8-,9-,10?,12?,14-/m1/s1. The van der Waals surface area contributed by atoms with Crippen molar-refractivity contribution in [2.45, 2.75) is 51.6 Å². The van der Waals surface area contributed by atoms with Crippen LogP contribution in [-0.4, -0.2) is 29.0 Å². The fourth-order valence-corrected chi connectivity index (χ4v) is 4.80.